The number of aliphatic carboxylic acids is 1. The van der Waals surface area contributed by atoms with Crippen LogP contribution < -0.4 is 0 Å². The Bertz CT molecular complexity index is 848. The van der Waals surface area contributed by atoms with E-state index in [0.717, 1.165) is 35.7 Å². The van der Waals surface area contributed by atoms with Crippen molar-refractivity contribution in [3.05, 3.63) is 59.3 Å². The predicted octanol–water partition coefficient (Wildman–Crippen LogP) is 4.44. The number of thioether (sulfide) groups is 1. The summed E-state index contributed by atoms with van der Waals surface area (Å²) in [5.74, 6) is -0.176. The Hall–Kier alpha value is -2.34. The molecule has 0 saturated heterocycles. The fourth-order valence-electron chi connectivity index (χ4n) is 3.78. The first-order chi connectivity index (χ1) is 14.0. The van der Waals surface area contributed by atoms with Crippen LogP contribution in [0.15, 0.2) is 47.5 Å². The Labute approximate surface area is 176 Å². The Balaban J connectivity index is 1.66. The summed E-state index contributed by atoms with van der Waals surface area (Å²) in [5.41, 5.74) is 2.80. The molecule has 1 N–H and O–H groups in total. The summed E-state index contributed by atoms with van der Waals surface area (Å²) in [6.07, 6.45) is 3.64. The highest BCUT2D eigenvalue weighted by atomic mass is 32.2. The molecule has 3 rings (SSSR count). The normalized spacial score (nSPS) is 19.0. The number of aromatic nitrogens is 1. The zero-order chi connectivity index (χ0) is 20.8. The van der Waals surface area contributed by atoms with E-state index in [9.17, 15) is 14.7 Å². The number of hydrogen-bond acceptors (Lipinski definition) is 4. The molecule has 1 aliphatic carbocycles. The Morgan fingerprint density at radius 3 is 2.45 bits per heavy atom. The van der Waals surface area contributed by atoms with Crippen molar-refractivity contribution in [2.24, 2.45) is 5.92 Å². The van der Waals surface area contributed by atoms with Gasteiger partial charge in [-0.2, -0.15) is 0 Å². The van der Waals surface area contributed by atoms with Crippen LogP contribution in [0.5, 0.6) is 0 Å². The second-order valence-electron chi connectivity index (χ2n) is 7.65. The number of pyridine rings is 1. The highest BCUT2D eigenvalue weighted by Gasteiger charge is 2.30. The van der Waals surface area contributed by atoms with Crippen LogP contribution in [-0.4, -0.2) is 45.7 Å². The summed E-state index contributed by atoms with van der Waals surface area (Å²) < 4.78 is 0. The Morgan fingerprint density at radius 1 is 1.10 bits per heavy atom. The molecule has 1 amide bonds. The van der Waals surface area contributed by atoms with Gasteiger partial charge >= 0.3 is 5.97 Å². The van der Waals surface area contributed by atoms with Crippen LogP contribution in [0.25, 0.3) is 0 Å². The third-order valence-corrected chi connectivity index (χ3v) is 6.61. The molecule has 0 atom stereocenters. The van der Waals surface area contributed by atoms with E-state index in [2.05, 4.69) is 17.1 Å². The number of nitrogens with zero attached hydrogens (tertiary/aromatic N) is 2. The predicted molar refractivity (Wildman–Crippen MR) is 115 cm³/mol. The molecule has 0 bridgehead atoms. The number of amides is 1. The first-order valence-electron chi connectivity index (χ1n) is 10.1. The largest absolute Gasteiger partial charge is 0.481 e. The zero-order valence-corrected chi connectivity index (χ0v) is 17.8. The summed E-state index contributed by atoms with van der Waals surface area (Å²) >= 11 is 1.62. The summed E-state index contributed by atoms with van der Waals surface area (Å²) in [4.78, 5) is 30.8. The van der Waals surface area contributed by atoms with Gasteiger partial charge in [0.25, 0.3) is 5.91 Å². The molecule has 154 valence electrons. The van der Waals surface area contributed by atoms with E-state index in [4.69, 9.17) is 0 Å². The zero-order valence-electron chi connectivity index (χ0n) is 17.0. The Kier molecular flexibility index (Phi) is 7.31. The third kappa shape index (κ3) is 5.60. The summed E-state index contributed by atoms with van der Waals surface area (Å²) in [6, 6.07) is 14.1. The van der Waals surface area contributed by atoms with E-state index in [1.165, 1.54) is 5.56 Å². The molecule has 2 aromatic rings. The van der Waals surface area contributed by atoms with Gasteiger partial charge in [0.15, 0.2) is 0 Å². The number of hydrogen-bond donors (Lipinski definition) is 1. The molecule has 1 aromatic heterocycles. The van der Waals surface area contributed by atoms with Crippen molar-refractivity contribution in [2.75, 3.05) is 12.8 Å². The molecular formula is C23H28N2O3S. The minimum Gasteiger partial charge on any atom is -0.481 e. The molecule has 1 saturated carbocycles. The van der Waals surface area contributed by atoms with Crippen LogP contribution in [-0.2, 0) is 11.2 Å². The number of aryl methyl sites for hydroxylation is 2. The van der Waals surface area contributed by atoms with Crippen molar-refractivity contribution >= 4 is 23.6 Å². The lowest BCUT2D eigenvalue weighted by Crippen LogP contribution is -2.40. The second-order valence-corrected chi connectivity index (χ2v) is 8.73. The van der Waals surface area contributed by atoms with E-state index in [1.54, 1.807) is 16.7 Å². The van der Waals surface area contributed by atoms with Gasteiger partial charge in [0, 0.05) is 24.5 Å². The highest BCUT2D eigenvalue weighted by Crippen LogP contribution is 2.29. The van der Waals surface area contributed by atoms with Gasteiger partial charge in [-0.1, -0.05) is 30.3 Å². The minimum absolute atomic E-state index is 0.0292. The lowest BCUT2D eigenvalue weighted by atomic mass is 9.85. The van der Waals surface area contributed by atoms with Crippen molar-refractivity contribution in [1.82, 2.24) is 9.88 Å². The van der Waals surface area contributed by atoms with Gasteiger partial charge in [0.1, 0.15) is 5.03 Å². The van der Waals surface area contributed by atoms with Crippen LogP contribution >= 0.6 is 11.8 Å². The molecule has 6 heteroatoms. The molecule has 0 aliphatic heterocycles. The van der Waals surface area contributed by atoms with Crippen LogP contribution in [0, 0.1) is 12.8 Å². The van der Waals surface area contributed by atoms with Crippen LogP contribution in [0.1, 0.15) is 47.3 Å². The van der Waals surface area contributed by atoms with Gasteiger partial charge in [0.05, 0.1) is 11.5 Å². The standard InChI is InChI=1S/C23H28N2O3S/c1-16-8-13-20(21(24-16)29-15-14-17-6-4-3-5-7-17)22(26)25(2)19-11-9-18(10-12-19)23(27)28/h3-8,13,18-19H,9-12,14-15H2,1-2H3,(H,27,28)/t18-,19+. The fraction of sp³-hybridized carbons (Fsp3) is 0.435. The maximum absolute atomic E-state index is 13.2. The van der Waals surface area contributed by atoms with E-state index in [0.29, 0.717) is 18.4 Å². The quantitative estimate of drug-likeness (QED) is 0.681. The first-order valence-corrected chi connectivity index (χ1v) is 11.1. The molecule has 0 spiro atoms. The minimum atomic E-state index is -0.725. The summed E-state index contributed by atoms with van der Waals surface area (Å²) in [7, 11) is 1.83. The molecule has 0 unspecified atom stereocenters. The number of benzene rings is 1. The number of carboxylic acids is 1. The van der Waals surface area contributed by atoms with Gasteiger partial charge in [-0.3, -0.25) is 9.59 Å². The van der Waals surface area contributed by atoms with E-state index in [1.807, 2.05) is 44.3 Å². The topological polar surface area (TPSA) is 70.5 Å². The monoisotopic (exact) mass is 412 g/mol. The van der Waals surface area contributed by atoms with Crippen LogP contribution in [0.4, 0.5) is 0 Å². The van der Waals surface area contributed by atoms with Gasteiger partial charge in [-0.15, -0.1) is 11.8 Å². The fourth-order valence-corrected chi connectivity index (χ4v) is 4.83. The third-order valence-electron chi connectivity index (χ3n) is 5.62. The Morgan fingerprint density at radius 2 is 1.79 bits per heavy atom. The van der Waals surface area contributed by atoms with Crippen molar-refractivity contribution < 1.29 is 14.7 Å². The van der Waals surface area contributed by atoms with Crippen molar-refractivity contribution in [3.63, 3.8) is 0 Å². The summed E-state index contributed by atoms with van der Waals surface area (Å²) in [5, 5.41) is 9.96. The van der Waals surface area contributed by atoms with Gasteiger partial charge in [-0.05, 0) is 56.7 Å². The van der Waals surface area contributed by atoms with E-state index >= 15 is 0 Å². The molecule has 0 radical (unpaired) electrons. The lowest BCUT2D eigenvalue weighted by molar-refractivity contribution is -0.143. The molecule has 5 nitrogen and oxygen atoms in total. The average Bonchev–Trinajstić information content (AvgIpc) is 2.74. The summed E-state index contributed by atoms with van der Waals surface area (Å²) in [6.45, 7) is 1.94. The van der Waals surface area contributed by atoms with Crippen LogP contribution in [0.2, 0.25) is 0 Å². The molecule has 1 heterocycles. The number of carbonyl (C=O) groups is 2. The van der Waals surface area contributed by atoms with Crippen molar-refractivity contribution in [3.8, 4) is 0 Å². The second kappa shape index (κ2) is 9.92. The maximum Gasteiger partial charge on any atom is 0.306 e. The SMILES string of the molecule is Cc1ccc(C(=O)N(C)[C@H]2CC[C@@H](C(=O)O)CC2)c(SCCc2ccccc2)n1. The van der Waals surface area contributed by atoms with Gasteiger partial charge in [-0.25, -0.2) is 4.98 Å². The molecular weight excluding hydrogens is 384 g/mol. The number of carbonyl (C=O) groups excluding carboxylic acids is 1. The maximum atomic E-state index is 13.2. The van der Waals surface area contributed by atoms with Crippen molar-refractivity contribution in [2.45, 2.75) is 50.1 Å². The molecule has 29 heavy (non-hydrogen) atoms. The molecule has 1 aromatic carbocycles. The first kappa shape index (κ1) is 21.4. The molecule has 1 aliphatic rings. The average molecular weight is 413 g/mol. The smallest absolute Gasteiger partial charge is 0.306 e. The van der Waals surface area contributed by atoms with Gasteiger partial charge < -0.3 is 10.0 Å². The van der Waals surface area contributed by atoms with Crippen molar-refractivity contribution in [1.29, 1.82) is 0 Å². The number of rotatable bonds is 7. The van der Waals surface area contributed by atoms with Crippen LogP contribution in [0.3, 0.4) is 0 Å². The lowest BCUT2D eigenvalue weighted by Gasteiger charge is -2.33. The van der Waals surface area contributed by atoms with E-state index < -0.39 is 5.97 Å². The highest BCUT2D eigenvalue weighted by molar-refractivity contribution is 7.99. The van der Waals surface area contributed by atoms with Gasteiger partial charge in [0.2, 0.25) is 0 Å². The number of carboxylic acid groups (broad SMARTS) is 1. The van der Waals surface area contributed by atoms with E-state index in [-0.39, 0.29) is 17.9 Å². The molecule has 1 fully saturated rings.